The second-order valence-electron chi connectivity index (χ2n) is 2.83. The van der Waals surface area contributed by atoms with E-state index in [4.69, 9.17) is 0 Å². The Hall–Kier alpha value is -0.780. The van der Waals surface area contributed by atoms with Crippen LogP contribution in [0.2, 0.25) is 0 Å². The van der Waals surface area contributed by atoms with Gasteiger partial charge < -0.3 is 0 Å². The largest absolute Gasteiger partial charge is 0.0847 e. The van der Waals surface area contributed by atoms with E-state index < -0.39 is 0 Å². The van der Waals surface area contributed by atoms with Gasteiger partial charge in [-0.25, -0.2) is 0 Å². The first-order valence-electron chi connectivity index (χ1n) is 4.06. The molecular weight excluding hydrogens is 132 g/mol. The van der Waals surface area contributed by atoms with Crippen LogP contribution in [0, 0.1) is 0 Å². The highest BCUT2D eigenvalue weighted by atomic mass is 14.0. The molecule has 0 rings (SSSR count). The van der Waals surface area contributed by atoms with Crippen LogP contribution in [0.5, 0.6) is 0 Å². The van der Waals surface area contributed by atoms with Crippen molar-refractivity contribution >= 4 is 0 Å². The molecule has 0 atom stereocenters. The van der Waals surface area contributed by atoms with Crippen LogP contribution in [-0.2, 0) is 0 Å². The van der Waals surface area contributed by atoms with Crippen LogP contribution in [0.15, 0.2) is 34.9 Å². The van der Waals surface area contributed by atoms with Gasteiger partial charge in [0.05, 0.1) is 0 Å². The molecule has 0 bridgehead atoms. The first kappa shape index (κ1) is 10.2. The molecule has 0 heteroatoms. The van der Waals surface area contributed by atoms with E-state index in [1.807, 2.05) is 0 Å². The molecule has 0 aliphatic heterocycles. The van der Waals surface area contributed by atoms with Crippen molar-refractivity contribution in [3.63, 3.8) is 0 Å². The molecule has 0 amide bonds. The molecule has 0 nitrogen and oxygen atoms in total. The summed E-state index contributed by atoms with van der Waals surface area (Å²) in [6, 6.07) is 0. The van der Waals surface area contributed by atoms with Crippen LogP contribution >= 0.6 is 0 Å². The van der Waals surface area contributed by atoms with Gasteiger partial charge in [0, 0.05) is 0 Å². The van der Waals surface area contributed by atoms with Crippen molar-refractivity contribution in [1.82, 2.24) is 0 Å². The minimum absolute atomic E-state index is 1.32. The summed E-state index contributed by atoms with van der Waals surface area (Å²) in [5.74, 6) is 0. The van der Waals surface area contributed by atoms with Gasteiger partial charge in [-0.3, -0.25) is 0 Å². The van der Waals surface area contributed by atoms with Crippen LogP contribution in [0.4, 0.5) is 0 Å². The lowest BCUT2D eigenvalue weighted by molar-refractivity contribution is 1.30. The fourth-order valence-electron chi connectivity index (χ4n) is 0.766. The van der Waals surface area contributed by atoms with Gasteiger partial charge in [0.25, 0.3) is 0 Å². The van der Waals surface area contributed by atoms with E-state index in [1.165, 1.54) is 16.7 Å². The van der Waals surface area contributed by atoms with Crippen LogP contribution in [0.25, 0.3) is 0 Å². The molecular formula is C11H18. The predicted octanol–water partition coefficient (Wildman–Crippen LogP) is 3.87. The standard InChI is InChI=1S/C11H18/c1-6-9(3)8-11(5)10(4)7-2/h6-8H,1-5H3/b9-6-,10-7-,11-8-. The van der Waals surface area contributed by atoms with Crippen molar-refractivity contribution in [2.75, 3.05) is 0 Å². The zero-order valence-corrected chi connectivity index (χ0v) is 8.23. The van der Waals surface area contributed by atoms with E-state index in [-0.39, 0.29) is 0 Å². The van der Waals surface area contributed by atoms with Crippen molar-refractivity contribution < 1.29 is 0 Å². The first-order chi connectivity index (χ1) is 5.11. The van der Waals surface area contributed by atoms with Gasteiger partial charge in [-0.05, 0) is 40.2 Å². The Morgan fingerprint density at radius 1 is 0.818 bits per heavy atom. The average molecular weight is 150 g/mol. The Morgan fingerprint density at radius 3 is 1.73 bits per heavy atom. The summed E-state index contributed by atoms with van der Waals surface area (Å²) in [5, 5.41) is 0. The van der Waals surface area contributed by atoms with Crippen molar-refractivity contribution in [2.24, 2.45) is 0 Å². The summed E-state index contributed by atoms with van der Waals surface area (Å²) < 4.78 is 0. The summed E-state index contributed by atoms with van der Waals surface area (Å²) in [4.78, 5) is 0. The van der Waals surface area contributed by atoms with Gasteiger partial charge in [-0.15, -0.1) is 0 Å². The number of hydrogen-bond donors (Lipinski definition) is 0. The zero-order chi connectivity index (χ0) is 8.85. The van der Waals surface area contributed by atoms with E-state index in [0.717, 1.165) is 0 Å². The number of rotatable bonds is 2. The maximum atomic E-state index is 2.20. The lowest BCUT2D eigenvalue weighted by Crippen LogP contribution is -1.79. The zero-order valence-electron chi connectivity index (χ0n) is 8.23. The van der Waals surface area contributed by atoms with E-state index in [9.17, 15) is 0 Å². The molecule has 0 radical (unpaired) electrons. The molecule has 0 saturated carbocycles. The summed E-state index contributed by atoms with van der Waals surface area (Å²) >= 11 is 0. The third-order valence-corrected chi connectivity index (χ3v) is 1.95. The molecule has 0 aromatic heterocycles. The van der Waals surface area contributed by atoms with Gasteiger partial charge in [0.2, 0.25) is 0 Å². The predicted molar refractivity (Wildman–Crippen MR) is 52.6 cm³/mol. The summed E-state index contributed by atoms with van der Waals surface area (Å²) in [6.07, 6.45) is 6.45. The number of allylic oxidation sites excluding steroid dienone is 6. The van der Waals surface area contributed by atoms with Gasteiger partial charge in [-0.2, -0.15) is 0 Å². The average Bonchev–Trinajstić information content (AvgIpc) is 2.02. The molecule has 62 valence electrons. The first-order valence-corrected chi connectivity index (χ1v) is 4.06. The highest BCUT2D eigenvalue weighted by Gasteiger charge is 1.89. The summed E-state index contributed by atoms with van der Waals surface area (Å²) in [6.45, 7) is 10.5. The van der Waals surface area contributed by atoms with Gasteiger partial charge in [0.15, 0.2) is 0 Å². The fourth-order valence-corrected chi connectivity index (χ4v) is 0.766. The Morgan fingerprint density at radius 2 is 1.36 bits per heavy atom. The highest BCUT2D eigenvalue weighted by molar-refractivity contribution is 5.33. The lowest BCUT2D eigenvalue weighted by Gasteiger charge is -1.99. The van der Waals surface area contributed by atoms with Crippen LogP contribution in [-0.4, -0.2) is 0 Å². The molecule has 0 N–H and O–H groups in total. The van der Waals surface area contributed by atoms with Crippen LogP contribution < -0.4 is 0 Å². The van der Waals surface area contributed by atoms with Crippen LogP contribution in [0.3, 0.4) is 0 Å². The van der Waals surface area contributed by atoms with Crippen LogP contribution in [0.1, 0.15) is 34.6 Å². The second kappa shape index (κ2) is 4.95. The van der Waals surface area contributed by atoms with Crippen molar-refractivity contribution in [3.05, 3.63) is 34.9 Å². The molecule has 11 heavy (non-hydrogen) atoms. The van der Waals surface area contributed by atoms with Gasteiger partial charge in [0.1, 0.15) is 0 Å². The third kappa shape index (κ3) is 3.82. The molecule has 0 saturated heterocycles. The smallest absolute Gasteiger partial charge is 0.0395 e. The summed E-state index contributed by atoms with van der Waals surface area (Å²) in [7, 11) is 0. The monoisotopic (exact) mass is 150 g/mol. The minimum Gasteiger partial charge on any atom is -0.0847 e. The maximum Gasteiger partial charge on any atom is -0.0395 e. The van der Waals surface area contributed by atoms with E-state index >= 15 is 0 Å². The Bertz CT molecular complexity index is 202. The molecule has 0 unspecified atom stereocenters. The van der Waals surface area contributed by atoms with E-state index in [2.05, 4.69) is 52.8 Å². The SMILES string of the molecule is C\C=C(C)/C=C(C)\C(C)=C/C. The van der Waals surface area contributed by atoms with Crippen molar-refractivity contribution in [1.29, 1.82) is 0 Å². The lowest BCUT2D eigenvalue weighted by atomic mass is 10.1. The molecule has 0 heterocycles. The quantitative estimate of drug-likeness (QED) is 0.524. The van der Waals surface area contributed by atoms with E-state index in [0.29, 0.717) is 0 Å². The third-order valence-electron chi connectivity index (χ3n) is 1.95. The fraction of sp³-hybridized carbons (Fsp3) is 0.455. The maximum absolute atomic E-state index is 2.20. The second-order valence-corrected chi connectivity index (χ2v) is 2.83. The topological polar surface area (TPSA) is 0 Å². The van der Waals surface area contributed by atoms with Gasteiger partial charge in [-0.1, -0.05) is 29.4 Å². The molecule has 0 aromatic rings. The minimum atomic E-state index is 1.32. The Kier molecular flexibility index (Phi) is 4.60. The Balaban J connectivity index is 4.47. The van der Waals surface area contributed by atoms with E-state index in [1.54, 1.807) is 0 Å². The molecule has 0 aliphatic rings. The highest BCUT2D eigenvalue weighted by Crippen LogP contribution is 2.10. The normalized spacial score (nSPS) is 15.5. The summed E-state index contributed by atoms with van der Waals surface area (Å²) in [5.41, 5.74) is 4.03. The molecule has 0 aromatic carbocycles. The molecule has 0 spiro atoms. The Labute approximate surface area is 70.3 Å². The number of hydrogen-bond acceptors (Lipinski definition) is 0. The molecule has 0 fully saturated rings. The van der Waals surface area contributed by atoms with Crippen molar-refractivity contribution in [3.8, 4) is 0 Å². The molecule has 0 aliphatic carbocycles. The van der Waals surface area contributed by atoms with Crippen molar-refractivity contribution in [2.45, 2.75) is 34.6 Å². The van der Waals surface area contributed by atoms with Gasteiger partial charge >= 0.3 is 0 Å².